The van der Waals surface area contributed by atoms with E-state index >= 15 is 0 Å². The Hall–Kier alpha value is -1.60. The number of nitrogens with zero attached hydrogens (tertiary/aromatic N) is 3. The van der Waals surface area contributed by atoms with Crippen LogP contribution >= 0.6 is 24.0 Å². The molecule has 2 rings (SSSR count). The average Bonchev–Trinajstić information content (AvgIpc) is 2.65. The van der Waals surface area contributed by atoms with Gasteiger partial charge < -0.3 is 20.3 Å². The fourth-order valence-electron chi connectivity index (χ4n) is 2.76. The zero-order valence-corrected chi connectivity index (χ0v) is 21.1. The molecule has 0 bridgehead atoms. The lowest BCUT2D eigenvalue weighted by Crippen LogP contribution is -2.53. The summed E-state index contributed by atoms with van der Waals surface area (Å²) in [5.41, 5.74) is 6.43. The van der Waals surface area contributed by atoms with Crippen LogP contribution in [0.3, 0.4) is 0 Å². The molecular weight excluding hydrogens is 521 g/mol. The molecule has 30 heavy (non-hydrogen) atoms. The van der Waals surface area contributed by atoms with Crippen LogP contribution in [0.5, 0.6) is 0 Å². The first-order valence-corrected chi connectivity index (χ1v) is 11.1. The molecule has 11 heteroatoms. The molecule has 1 aromatic rings. The third kappa shape index (κ3) is 7.91. The summed E-state index contributed by atoms with van der Waals surface area (Å²) in [5, 5.41) is 0. The van der Waals surface area contributed by atoms with Crippen LogP contribution in [0, 0.1) is 0 Å². The van der Waals surface area contributed by atoms with E-state index in [2.05, 4.69) is 9.71 Å². The molecule has 1 aliphatic rings. The number of guanidine groups is 1. The molecule has 0 radical (unpaired) electrons. The third-order valence-corrected chi connectivity index (χ3v) is 5.81. The van der Waals surface area contributed by atoms with Crippen molar-refractivity contribution in [2.24, 2.45) is 10.7 Å². The van der Waals surface area contributed by atoms with Gasteiger partial charge in [0, 0.05) is 32.7 Å². The van der Waals surface area contributed by atoms with Crippen LogP contribution in [0.15, 0.2) is 34.2 Å². The van der Waals surface area contributed by atoms with Gasteiger partial charge in [0.25, 0.3) is 0 Å². The van der Waals surface area contributed by atoms with Gasteiger partial charge in [0.2, 0.25) is 10.0 Å². The summed E-state index contributed by atoms with van der Waals surface area (Å²) in [4.78, 5) is 20.3. The maximum Gasteiger partial charge on any atom is 0.410 e. The Morgan fingerprint density at radius 2 is 1.67 bits per heavy atom. The highest BCUT2D eigenvalue weighted by Gasteiger charge is 2.26. The number of nitrogens with one attached hydrogen (secondary N) is 1. The summed E-state index contributed by atoms with van der Waals surface area (Å²) >= 11 is 0. The molecule has 170 valence electrons. The third-order valence-electron chi connectivity index (χ3n) is 4.25. The second-order valence-corrected chi connectivity index (χ2v) is 9.54. The summed E-state index contributed by atoms with van der Waals surface area (Å²) in [6.07, 6.45) is -0.319. The van der Waals surface area contributed by atoms with Crippen LogP contribution < -0.4 is 10.5 Å². The topological polar surface area (TPSA) is 117 Å². The first-order valence-electron chi connectivity index (χ1n) is 9.63. The van der Waals surface area contributed by atoms with Gasteiger partial charge in [0.1, 0.15) is 5.60 Å². The van der Waals surface area contributed by atoms with Crippen molar-refractivity contribution in [3.8, 4) is 0 Å². The van der Waals surface area contributed by atoms with Gasteiger partial charge in [0.05, 0.1) is 11.4 Å². The summed E-state index contributed by atoms with van der Waals surface area (Å²) in [5.74, 6) is 0.401. The van der Waals surface area contributed by atoms with E-state index in [1.807, 2.05) is 25.7 Å². The Balaban J connectivity index is 0.00000450. The van der Waals surface area contributed by atoms with Crippen LogP contribution in [0.25, 0.3) is 0 Å². The predicted octanol–water partition coefficient (Wildman–Crippen LogP) is 1.97. The zero-order valence-electron chi connectivity index (χ0n) is 17.9. The first-order chi connectivity index (χ1) is 13.5. The van der Waals surface area contributed by atoms with Crippen molar-refractivity contribution < 1.29 is 17.9 Å². The van der Waals surface area contributed by atoms with Gasteiger partial charge in [-0.15, -0.1) is 24.0 Å². The van der Waals surface area contributed by atoms with Crippen molar-refractivity contribution in [2.45, 2.75) is 44.7 Å². The molecule has 0 spiro atoms. The van der Waals surface area contributed by atoms with E-state index in [0.717, 1.165) is 5.56 Å². The smallest absolute Gasteiger partial charge is 0.410 e. The molecule has 1 amide bonds. The van der Waals surface area contributed by atoms with Gasteiger partial charge in [-0.1, -0.05) is 19.1 Å². The number of carbonyl (C=O) groups excluding carboxylic acids is 1. The second-order valence-electron chi connectivity index (χ2n) is 7.77. The fourth-order valence-corrected chi connectivity index (χ4v) is 3.81. The van der Waals surface area contributed by atoms with E-state index in [9.17, 15) is 13.2 Å². The largest absolute Gasteiger partial charge is 0.444 e. The molecule has 3 N–H and O–H groups in total. The number of rotatable bonds is 5. The number of benzene rings is 1. The highest BCUT2D eigenvalue weighted by atomic mass is 127. The lowest BCUT2D eigenvalue weighted by molar-refractivity contribution is 0.0186. The summed E-state index contributed by atoms with van der Waals surface area (Å²) in [7, 11) is -3.46. The maximum atomic E-state index is 12.1. The molecule has 0 unspecified atom stereocenters. The molecule has 1 aliphatic heterocycles. The number of piperazine rings is 1. The minimum atomic E-state index is -3.46. The van der Waals surface area contributed by atoms with E-state index in [1.54, 1.807) is 36.1 Å². The highest BCUT2D eigenvalue weighted by Crippen LogP contribution is 2.13. The van der Waals surface area contributed by atoms with Gasteiger partial charge in [0.15, 0.2) is 5.96 Å². The lowest BCUT2D eigenvalue weighted by Gasteiger charge is -2.36. The SMILES string of the molecule is CCNS(=O)(=O)c1ccc(CN=C(N)N2CCN(C(=O)OC(C)(C)C)CC2)cc1.I. The van der Waals surface area contributed by atoms with Crippen molar-refractivity contribution in [3.05, 3.63) is 29.8 Å². The van der Waals surface area contributed by atoms with Gasteiger partial charge in [-0.05, 0) is 38.5 Å². The van der Waals surface area contributed by atoms with Crippen molar-refractivity contribution in [3.63, 3.8) is 0 Å². The Bertz CT molecular complexity index is 829. The fraction of sp³-hybridized carbons (Fsp3) is 0.579. The molecule has 0 saturated carbocycles. The average molecular weight is 553 g/mol. The molecule has 1 saturated heterocycles. The van der Waals surface area contributed by atoms with Crippen molar-refractivity contribution in [1.82, 2.24) is 14.5 Å². The number of sulfonamides is 1. The zero-order chi connectivity index (χ0) is 21.7. The maximum absolute atomic E-state index is 12.1. The van der Waals surface area contributed by atoms with Gasteiger partial charge in [-0.25, -0.2) is 22.9 Å². The monoisotopic (exact) mass is 553 g/mol. The lowest BCUT2D eigenvalue weighted by atomic mass is 10.2. The summed E-state index contributed by atoms with van der Waals surface area (Å²) in [6.45, 7) is 10.1. The summed E-state index contributed by atoms with van der Waals surface area (Å²) < 4.78 is 31.8. The van der Waals surface area contributed by atoms with Crippen molar-refractivity contribution in [2.75, 3.05) is 32.7 Å². The van der Waals surface area contributed by atoms with E-state index in [1.165, 1.54) is 0 Å². The Kier molecular flexibility index (Phi) is 9.82. The van der Waals surface area contributed by atoms with Crippen LogP contribution in [0.2, 0.25) is 0 Å². The molecule has 1 aromatic carbocycles. The van der Waals surface area contributed by atoms with E-state index < -0.39 is 15.6 Å². The normalized spacial score (nSPS) is 15.5. The predicted molar refractivity (Wildman–Crippen MR) is 127 cm³/mol. The van der Waals surface area contributed by atoms with Crippen LogP contribution in [-0.4, -0.2) is 68.6 Å². The van der Waals surface area contributed by atoms with E-state index in [0.29, 0.717) is 45.2 Å². The quantitative estimate of drug-likeness (QED) is 0.327. The Morgan fingerprint density at radius 3 is 2.17 bits per heavy atom. The summed E-state index contributed by atoms with van der Waals surface area (Å²) in [6, 6.07) is 6.56. The molecule has 9 nitrogen and oxygen atoms in total. The number of nitrogens with two attached hydrogens (primary N) is 1. The highest BCUT2D eigenvalue weighted by molar-refractivity contribution is 14.0. The van der Waals surface area contributed by atoms with Crippen molar-refractivity contribution >= 4 is 46.1 Å². The van der Waals surface area contributed by atoms with E-state index in [4.69, 9.17) is 10.5 Å². The number of hydrogen-bond acceptors (Lipinski definition) is 5. The first kappa shape index (κ1) is 26.4. The van der Waals surface area contributed by atoms with Crippen LogP contribution in [-0.2, 0) is 21.3 Å². The number of halogens is 1. The van der Waals surface area contributed by atoms with Crippen LogP contribution in [0.4, 0.5) is 4.79 Å². The molecule has 0 atom stereocenters. The van der Waals surface area contributed by atoms with Gasteiger partial charge in [-0.3, -0.25) is 0 Å². The molecule has 1 heterocycles. The van der Waals surface area contributed by atoms with Gasteiger partial charge in [-0.2, -0.15) is 0 Å². The molecule has 0 aromatic heterocycles. The van der Waals surface area contributed by atoms with Crippen molar-refractivity contribution in [1.29, 1.82) is 0 Å². The molecule has 1 fully saturated rings. The minimum Gasteiger partial charge on any atom is -0.444 e. The molecular formula is C19H32IN5O4S. The van der Waals surface area contributed by atoms with Gasteiger partial charge >= 0.3 is 6.09 Å². The Morgan fingerprint density at radius 1 is 1.13 bits per heavy atom. The number of aliphatic imine (C=N–C) groups is 1. The number of hydrogen-bond donors (Lipinski definition) is 2. The number of amides is 1. The van der Waals surface area contributed by atoms with Crippen LogP contribution in [0.1, 0.15) is 33.3 Å². The Labute approximate surface area is 196 Å². The minimum absolute atomic E-state index is 0. The second kappa shape index (κ2) is 11.1. The van der Waals surface area contributed by atoms with E-state index in [-0.39, 0.29) is 35.0 Å². The standard InChI is InChI=1S/C19H31N5O4S.HI/c1-5-22-29(26,27)16-8-6-15(7-9-16)14-21-17(20)23-10-12-24(13-11-23)18(25)28-19(2,3)4;/h6-9,22H,5,10-14H2,1-4H3,(H2,20,21);1H. The molecule has 0 aliphatic carbocycles. The number of ether oxygens (including phenoxy) is 1. The number of carbonyl (C=O) groups is 1.